The quantitative estimate of drug-likeness (QED) is 0.674. The Bertz CT molecular complexity index is 533. The molecule has 0 atom stereocenters. The van der Waals surface area contributed by atoms with Gasteiger partial charge in [-0.2, -0.15) is 0 Å². The molecule has 0 aliphatic rings. The van der Waals surface area contributed by atoms with Crippen molar-refractivity contribution < 1.29 is 14.6 Å². The van der Waals surface area contributed by atoms with Gasteiger partial charge in [-0.1, -0.05) is 0 Å². The summed E-state index contributed by atoms with van der Waals surface area (Å²) in [7, 11) is 1.60. The molecular formula is C16H18O3S. The molecule has 0 aliphatic heterocycles. The van der Waals surface area contributed by atoms with Gasteiger partial charge < -0.3 is 9.84 Å². The van der Waals surface area contributed by atoms with Gasteiger partial charge in [0.1, 0.15) is 5.75 Å². The van der Waals surface area contributed by atoms with Crippen molar-refractivity contribution in [1.82, 2.24) is 0 Å². The maximum Gasteiger partial charge on any atom is 0.193 e. The molecule has 106 valence electrons. The van der Waals surface area contributed by atoms with Crippen LogP contribution in [0.25, 0.3) is 0 Å². The molecule has 3 nitrogen and oxygen atoms in total. The van der Waals surface area contributed by atoms with E-state index in [0.29, 0.717) is 11.1 Å². The van der Waals surface area contributed by atoms with Crippen LogP contribution in [-0.4, -0.2) is 24.6 Å². The summed E-state index contributed by atoms with van der Waals surface area (Å²) in [5.74, 6) is 0.744. The number of ketones is 1. The summed E-state index contributed by atoms with van der Waals surface area (Å²) in [6.45, 7) is 1.93. The van der Waals surface area contributed by atoms with Crippen molar-refractivity contribution in [2.24, 2.45) is 0 Å². The lowest BCUT2D eigenvalue weighted by molar-refractivity contribution is 0.103. The Morgan fingerprint density at radius 3 is 1.85 bits per heavy atom. The molecule has 1 N–H and O–H groups in total. The fourth-order valence-corrected chi connectivity index (χ4v) is 1.67. The Balaban J connectivity index is 0.000000612. The van der Waals surface area contributed by atoms with Crippen LogP contribution in [0.3, 0.4) is 0 Å². The molecule has 0 amide bonds. The molecule has 0 spiro atoms. The lowest BCUT2D eigenvalue weighted by Gasteiger charge is -2.03. The van der Waals surface area contributed by atoms with Crippen molar-refractivity contribution in [3.63, 3.8) is 0 Å². The zero-order valence-corrected chi connectivity index (χ0v) is 12.4. The number of thiol groups is 1. The molecule has 0 bridgehead atoms. The first-order valence-corrected chi connectivity index (χ1v) is 6.65. The first-order chi connectivity index (χ1) is 9.62. The van der Waals surface area contributed by atoms with E-state index in [0.717, 1.165) is 10.6 Å². The molecule has 0 saturated carbocycles. The van der Waals surface area contributed by atoms with E-state index in [1.807, 2.05) is 0 Å². The van der Waals surface area contributed by atoms with Gasteiger partial charge in [-0.3, -0.25) is 4.79 Å². The largest absolute Gasteiger partial charge is 0.497 e. The monoisotopic (exact) mass is 290 g/mol. The molecule has 0 fully saturated rings. The summed E-state index contributed by atoms with van der Waals surface area (Å²) in [6, 6.07) is 14.2. The maximum atomic E-state index is 12.1. The Labute approximate surface area is 124 Å². The minimum Gasteiger partial charge on any atom is -0.497 e. The van der Waals surface area contributed by atoms with Gasteiger partial charge in [-0.15, -0.1) is 12.6 Å². The number of carbonyl (C=O) groups is 1. The van der Waals surface area contributed by atoms with Gasteiger partial charge in [-0.05, 0) is 55.5 Å². The van der Waals surface area contributed by atoms with E-state index in [4.69, 9.17) is 9.84 Å². The predicted molar refractivity (Wildman–Crippen MR) is 82.9 cm³/mol. The molecule has 0 heterocycles. The molecule has 0 aromatic heterocycles. The smallest absolute Gasteiger partial charge is 0.193 e. The number of carbonyl (C=O) groups excluding carboxylic acids is 1. The first kappa shape index (κ1) is 16.3. The Kier molecular flexibility index (Phi) is 6.84. The number of hydrogen-bond donors (Lipinski definition) is 2. The first-order valence-electron chi connectivity index (χ1n) is 6.21. The van der Waals surface area contributed by atoms with Gasteiger partial charge >= 0.3 is 0 Å². The molecule has 0 unspecified atom stereocenters. The number of hydrogen-bond acceptors (Lipinski definition) is 4. The van der Waals surface area contributed by atoms with Gasteiger partial charge in [0.2, 0.25) is 0 Å². The SMILES string of the molecule is CCO.COc1ccc(C(=O)c2ccc(S)cc2)cc1. The van der Waals surface area contributed by atoms with Gasteiger partial charge in [0.25, 0.3) is 0 Å². The van der Waals surface area contributed by atoms with E-state index in [1.54, 1.807) is 62.6 Å². The molecule has 4 heteroatoms. The maximum absolute atomic E-state index is 12.1. The average molecular weight is 290 g/mol. The minimum absolute atomic E-state index is 0.000913. The second-order valence-electron chi connectivity index (χ2n) is 3.92. The van der Waals surface area contributed by atoms with E-state index >= 15 is 0 Å². The van der Waals surface area contributed by atoms with Crippen molar-refractivity contribution in [3.8, 4) is 5.75 Å². The number of aliphatic hydroxyl groups excluding tert-OH is 1. The van der Waals surface area contributed by atoms with Crippen molar-refractivity contribution >= 4 is 18.4 Å². The predicted octanol–water partition coefficient (Wildman–Crippen LogP) is 3.21. The fraction of sp³-hybridized carbons (Fsp3) is 0.188. The molecule has 2 aromatic carbocycles. The van der Waals surface area contributed by atoms with Crippen LogP contribution < -0.4 is 4.74 Å². The highest BCUT2D eigenvalue weighted by molar-refractivity contribution is 7.80. The number of aliphatic hydroxyl groups is 1. The van der Waals surface area contributed by atoms with Crippen molar-refractivity contribution in [3.05, 3.63) is 59.7 Å². The van der Waals surface area contributed by atoms with Crippen LogP contribution in [0.4, 0.5) is 0 Å². The van der Waals surface area contributed by atoms with E-state index in [1.165, 1.54) is 0 Å². The van der Waals surface area contributed by atoms with Crippen LogP contribution >= 0.6 is 12.6 Å². The van der Waals surface area contributed by atoms with E-state index in [9.17, 15) is 4.79 Å². The van der Waals surface area contributed by atoms with Gasteiger partial charge in [0.15, 0.2) is 5.78 Å². The zero-order chi connectivity index (χ0) is 15.0. The highest BCUT2D eigenvalue weighted by Gasteiger charge is 2.08. The summed E-state index contributed by atoms with van der Waals surface area (Å²) < 4.78 is 5.05. The van der Waals surface area contributed by atoms with Crippen LogP contribution in [0.2, 0.25) is 0 Å². The molecule has 0 aliphatic carbocycles. The summed E-state index contributed by atoms with van der Waals surface area (Å²) in [4.78, 5) is 12.9. The summed E-state index contributed by atoms with van der Waals surface area (Å²) in [6.07, 6.45) is 0. The molecule has 0 radical (unpaired) electrons. The molecule has 0 saturated heterocycles. The minimum atomic E-state index is 0.000913. The van der Waals surface area contributed by atoms with Gasteiger partial charge in [0.05, 0.1) is 7.11 Å². The summed E-state index contributed by atoms with van der Waals surface area (Å²) in [5.41, 5.74) is 1.31. The van der Waals surface area contributed by atoms with Crippen LogP contribution in [0, 0.1) is 0 Å². The van der Waals surface area contributed by atoms with E-state index < -0.39 is 0 Å². The third kappa shape index (κ3) is 4.72. The van der Waals surface area contributed by atoms with Crippen LogP contribution in [0.1, 0.15) is 22.8 Å². The molecular weight excluding hydrogens is 272 g/mol. The number of benzene rings is 2. The average Bonchev–Trinajstić information content (AvgIpc) is 2.48. The van der Waals surface area contributed by atoms with Crippen LogP contribution in [0.5, 0.6) is 5.75 Å². The second-order valence-corrected chi connectivity index (χ2v) is 4.44. The summed E-state index contributed by atoms with van der Waals surface area (Å²) >= 11 is 4.19. The number of rotatable bonds is 3. The Morgan fingerprint density at radius 2 is 1.45 bits per heavy atom. The standard InChI is InChI=1S/C14H12O2S.C2H6O/c1-16-12-6-2-10(3-7-12)14(15)11-4-8-13(17)9-5-11;1-2-3/h2-9,17H,1H3;3H,2H2,1H3. The Morgan fingerprint density at radius 1 is 1.05 bits per heavy atom. The fourth-order valence-electron chi connectivity index (χ4n) is 1.52. The van der Waals surface area contributed by atoms with Crippen molar-refractivity contribution in [2.75, 3.05) is 13.7 Å². The van der Waals surface area contributed by atoms with Gasteiger partial charge in [-0.25, -0.2) is 0 Å². The highest BCUT2D eigenvalue weighted by atomic mass is 32.1. The number of methoxy groups -OCH3 is 1. The Hall–Kier alpha value is -1.78. The second kappa shape index (κ2) is 8.40. The third-order valence-electron chi connectivity index (χ3n) is 2.48. The van der Waals surface area contributed by atoms with Crippen LogP contribution in [0.15, 0.2) is 53.4 Å². The normalized spacial score (nSPS) is 9.40. The van der Waals surface area contributed by atoms with E-state index in [2.05, 4.69) is 12.6 Å². The molecule has 2 rings (SSSR count). The van der Waals surface area contributed by atoms with E-state index in [-0.39, 0.29) is 12.4 Å². The third-order valence-corrected chi connectivity index (χ3v) is 2.78. The molecule has 20 heavy (non-hydrogen) atoms. The van der Waals surface area contributed by atoms with Crippen LogP contribution in [-0.2, 0) is 0 Å². The topological polar surface area (TPSA) is 46.5 Å². The van der Waals surface area contributed by atoms with Crippen molar-refractivity contribution in [2.45, 2.75) is 11.8 Å². The van der Waals surface area contributed by atoms with Gasteiger partial charge in [0, 0.05) is 22.6 Å². The zero-order valence-electron chi connectivity index (χ0n) is 11.5. The summed E-state index contributed by atoms with van der Waals surface area (Å²) in [5, 5.41) is 7.57. The lowest BCUT2D eigenvalue weighted by atomic mass is 10.0. The number of ether oxygens (including phenoxy) is 1. The molecule has 2 aromatic rings. The lowest BCUT2D eigenvalue weighted by Crippen LogP contribution is -2.00. The highest BCUT2D eigenvalue weighted by Crippen LogP contribution is 2.16. The van der Waals surface area contributed by atoms with Crippen molar-refractivity contribution in [1.29, 1.82) is 0 Å².